The Labute approximate surface area is 123 Å². The number of benzene rings is 1. The second-order valence-electron chi connectivity index (χ2n) is 5.08. The van der Waals surface area contributed by atoms with Crippen LogP contribution in [0.3, 0.4) is 0 Å². The smallest absolute Gasteiger partial charge is 0.141 e. The van der Waals surface area contributed by atoms with Crippen LogP contribution in [0.2, 0.25) is 0 Å². The molecule has 0 atom stereocenters. The average molecular weight is 332 g/mol. The number of hydrogen-bond acceptors (Lipinski definition) is 2. The highest BCUT2D eigenvalue weighted by Gasteiger charge is 2.01. The van der Waals surface area contributed by atoms with E-state index < -0.39 is 0 Å². The van der Waals surface area contributed by atoms with Crippen molar-refractivity contribution in [2.24, 2.45) is 5.92 Å². The predicted octanol–water partition coefficient (Wildman–Crippen LogP) is 4.38. The standard InChI is InChI=1S/C15H23BrFNO/c1-12(2)11-18-8-4-3-5-9-19-13-6-7-14(16)15(17)10-13/h6-7,10,12,18H,3-5,8-9,11H2,1-2H3. The number of halogens is 2. The fourth-order valence-corrected chi connectivity index (χ4v) is 1.92. The fourth-order valence-electron chi connectivity index (χ4n) is 1.68. The molecule has 4 heteroatoms. The Kier molecular flexibility index (Phi) is 8.07. The molecule has 2 nitrogen and oxygen atoms in total. The van der Waals surface area contributed by atoms with Crippen molar-refractivity contribution in [1.29, 1.82) is 0 Å². The molecule has 1 aromatic rings. The molecule has 0 unspecified atom stereocenters. The summed E-state index contributed by atoms with van der Waals surface area (Å²) in [7, 11) is 0. The summed E-state index contributed by atoms with van der Waals surface area (Å²) in [6.07, 6.45) is 3.29. The van der Waals surface area contributed by atoms with Crippen molar-refractivity contribution in [1.82, 2.24) is 5.32 Å². The molecule has 0 radical (unpaired) electrons. The molecule has 1 N–H and O–H groups in total. The van der Waals surface area contributed by atoms with Crippen molar-refractivity contribution in [3.8, 4) is 5.75 Å². The maximum absolute atomic E-state index is 13.2. The minimum absolute atomic E-state index is 0.282. The van der Waals surface area contributed by atoms with Crippen molar-refractivity contribution in [2.75, 3.05) is 19.7 Å². The van der Waals surface area contributed by atoms with E-state index in [1.165, 1.54) is 6.07 Å². The average Bonchev–Trinajstić information content (AvgIpc) is 2.36. The van der Waals surface area contributed by atoms with Crippen molar-refractivity contribution in [2.45, 2.75) is 33.1 Å². The highest BCUT2D eigenvalue weighted by molar-refractivity contribution is 9.10. The fraction of sp³-hybridized carbons (Fsp3) is 0.600. The van der Waals surface area contributed by atoms with Crippen LogP contribution in [0.15, 0.2) is 22.7 Å². The topological polar surface area (TPSA) is 21.3 Å². The van der Waals surface area contributed by atoms with E-state index in [0.29, 0.717) is 22.7 Å². The summed E-state index contributed by atoms with van der Waals surface area (Å²) in [5, 5.41) is 3.41. The van der Waals surface area contributed by atoms with Gasteiger partial charge in [0.05, 0.1) is 11.1 Å². The molecule has 0 fully saturated rings. The second kappa shape index (κ2) is 9.32. The van der Waals surface area contributed by atoms with E-state index in [4.69, 9.17) is 4.74 Å². The minimum atomic E-state index is -0.282. The molecule has 19 heavy (non-hydrogen) atoms. The molecule has 0 saturated heterocycles. The van der Waals surface area contributed by atoms with Gasteiger partial charge >= 0.3 is 0 Å². The molecule has 0 spiro atoms. The number of ether oxygens (including phenoxy) is 1. The molecule has 0 aromatic heterocycles. The third kappa shape index (κ3) is 7.53. The quantitative estimate of drug-likeness (QED) is 0.678. The molecule has 1 aromatic carbocycles. The van der Waals surface area contributed by atoms with Crippen LogP contribution in [0.5, 0.6) is 5.75 Å². The number of unbranched alkanes of at least 4 members (excludes halogenated alkanes) is 2. The first-order chi connectivity index (χ1) is 9.09. The van der Waals surface area contributed by atoms with Gasteiger partial charge < -0.3 is 10.1 Å². The molecule has 108 valence electrons. The largest absolute Gasteiger partial charge is 0.493 e. The first-order valence-corrected chi connectivity index (χ1v) is 7.67. The Bertz CT molecular complexity index is 371. The third-order valence-corrected chi connectivity index (χ3v) is 3.35. The van der Waals surface area contributed by atoms with Crippen LogP contribution in [0, 0.1) is 11.7 Å². The van der Waals surface area contributed by atoms with Crippen molar-refractivity contribution >= 4 is 15.9 Å². The first-order valence-electron chi connectivity index (χ1n) is 6.88. The van der Waals surface area contributed by atoms with Crippen LogP contribution in [-0.2, 0) is 0 Å². The van der Waals surface area contributed by atoms with Gasteiger partial charge in [-0.1, -0.05) is 13.8 Å². The summed E-state index contributed by atoms with van der Waals surface area (Å²) in [4.78, 5) is 0. The minimum Gasteiger partial charge on any atom is -0.493 e. The third-order valence-electron chi connectivity index (χ3n) is 2.71. The molecule has 0 aliphatic rings. The zero-order valence-corrected chi connectivity index (χ0v) is 13.3. The normalized spacial score (nSPS) is 11.0. The lowest BCUT2D eigenvalue weighted by molar-refractivity contribution is 0.303. The van der Waals surface area contributed by atoms with Crippen molar-refractivity contribution in [3.05, 3.63) is 28.5 Å². The van der Waals surface area contributed by atoms with Gasteiger partial charge in [0, 0.05) is 6.07 Å². The van der Waals surface area contributed by atoms with Gasteiger partial charge in [-0.15, -0.1) is 0 Å². The molecule has 0 aliphatic carbocycles. The maximum atomic E-state index is 13.2. The SMILES string of the molecule is CC(C)CNCCCCCOc1ccc(Br)c(F)c1. The van der Waals surface area contributed by atoms with E-state index in [9.17, 15) is 4.39 Å². The summed E-state index contributed by atoms with van der Waals surface area (Å²) in [5.74, 6) is 1.02. The highest BCUT2D eigenvalue weighted by Crippen LogP contribution is 2.21. The van der Waals surface area contributed by atoms with Gasteiger partial charge in [0.15, 0.2) is 0 Å². The molecular formula is C15H23BrFNO. The Balaban J connectivity index is 2.03. The van der Waals surface area contributed by atoms with Crippen LogP contribution in [-0.4, -0.2) is 19.7 Å². The second-order valence-corrected chi connectivity index (χ2v) is 5.94. The zero-order valence-electron chi connectivity index (χ0n) is 11.7. The zero-order chi connectivity index (χ0) is 14.1. The molecule has 0 amide bonds. The summed E-state index contributed by atoms with van der Waals surface area (Å²) < 4.78 is 19.2. The van der Waals surface area contributed by atoms with Crippen LogP contribution >= 0.6 is 15.9 Å². The van der Waals surface area contributed by atoms with Crippen molar-refractivity contribution in [3.63, 3.8) is 0 Å². The van der Waals surface area contributed by atoms with Gasteiger partial charge in [-0.05, 0) is 66.3 Å². The van der Waals surface area contributed by atoms with Crippen LogP contribution in [0.1, 0.15) is 33.1 Å². The van der Waals surface area contributed by atoms with E-state index in [1.807, 2.05) is 0 Å². The maximum Gasteiger partial charge on any atom is 0.141 e. The first kappa shape index (κ1) is 16.4. The monoisotopic (exact) mass is 331 g/mol. The van der Waals surface area contributed by atoms with Gasteiger partial charge in [0.25, 0.3) is 0 Å². The number of rotatable bonds is 9. The van der Waals surface area contributed by atoms with Gasteiger partial charge in [-0.3, -0.25) is 0 Å². The molecule has 1 rings (SSSR count). The number of hydrogen-bond donors (Lipinski definition) is 1. The van der Waals surface area contributed by atoms with E-state index in [-0.39, 0.29) is 5.82 Å². The van der Waals surface area contributed by atoms with E-state index >= 15 is 0 Å². The van der Waals surface area contributed by atoms with Gasteiger partial charge in [-0.25, -0.2) is 4.39 Å². The molecule has 0 aliphatic heterocycles. The summed E-state index contributed by atoms with van der Waals surface area (Å²) >= 11 is 3.12. The van der Waals surface area contributed by atoms with Gasteiger partial charge in [0.2, 0.25) is 0 Å². The van der Waals surface area contributed by atoms with Gasteiger partial charge in [-0.2, -0.15) is 0 Å². The molecule has 0 heterocycles. The highest BCUT2D eigenvalue weighted by atomic mass is 79.9. The van der Waals surface area contributed by atoms with Crippen LogP contribution in [0.4, 0.5) is 4.39 Å². The lowest BCUT2D eigenvalue weighted by Crippen LogP contribution is -2.20. The van der Waals surface area contributed by atoms with E-state index in [1.54, 1.807) is 12.1 Å². The van der Waals surface area contributed by atoms with Crippen LogP contribution in [0.25, 0.3) is 0 Å². The summed E-state index contributed by atoms with van der Waals surface area (Å²) in [5.41, 5.74) is 0. The Morgan fingerprint density at radius 2 is 2.05 bits per heavy atom. The summed E-state index contributed by atoms with van der Waals surface area (Å²) in [6, 6.07) is 4.85. The molecular weight excluding hydrogens is 309 g/mol. The molecule has 0 saturated carbocycles. The van der Waals surface area contributed by atoms with E-state index in [2.05, 4.69) is 35.1 Å². The molecule has 0 bridgehead atoms. The van der Waals surface area contributed by atoms with Gasteiger partial charge in [0.1, 0.15) is 11.6 Å². The van der Waals surface area contributed by atoms with Crippen molar-refractivity contribution < 1.29 is 9.13 Å². The Hall–Kier alpha value is -0.610. The number of nitrogens with one attached hydrogen (secondary N) is 1. The van der Waals surface area contributed by atoms with Crippen LogP contribution < -0.4 is 10.1 Å². The summed E-state index contributed by atoms with van der Waals surface area (Å²) in [6.45, 7) is 7.20. The lowest BCUT2D eigenvalue weighted by atomic mass is 10.2. The Morgan fingerprint density at radius 3 is 2.74 bits per heavy atom. The Morgan fingerprint density at radius 1 is 1.26 bits per heavy atom. The van der Waals surface area contributed by atoms with E-state index in [0.717, 1.165) is 32.4 Å². The lowest BCUT2D eigenvalue weighted by Gasteiger charge is -2.08. The predicted molar refractivity (Wildman–Crippen MR) is 81.2 cm³/mol.